The van der Waals surface area contributed by atoms with Crippen LogP contribution >= 0.6 is 22.9 Å². The largest absolute Gasteiger partial charge is 0.333 e. The van der Waals surface area contributed by atoms with E-state index in [0.717, 1.165) is 41.5 Å². The molecule has 1 aliphatic heterocycles. The summed E-state index contributed by atoms with van der Waals surface area (Å²) in [7, 11) is 0. The predicted octanol–water partition coefficient (Wildman–Crippen LogP) is 2.56. The first-order valence-corrected chi connectivity index (χ1v) is 7.67. The van der Waals surface area contributed by atoms with E-state index in [0.29, 0.717) is 11.7 Å². The molecule has 0 spiro atoms. The van der Waals surface area contributed by atoms with Crippen molar-refractivity contribution in [3.8, 4) is 0 Å². The first-order chi connectivity index (χ1) is 9.79. The van der Waals surface area contributed by atoms with Crippen molar-refractivity contribution < 1.29 is 0 Å². The molecule has 0 bridgehead atoms. The molecule has 0 radical (unpaired) electrons. The van der Waals surface area contributed by atoms with Gasteiger partial charge in [0.1, 0.15) is 21.6 Å². The van der Waals surface area contributed by atoms with Crippen LogP contribution < -0.4 is 0 Å². The first-order valence-electron chi connectivity index (χ1n) is 6.41. The zero-order valence-corrected chi connectivity index (χ0v) is 12.2. The maximum absolute atomic E-state index is 6.21. The molecule has 0 amide bonds. The Kier molecular flexibility index (Phi) is 2.94. The van der Waals surface area contributed by atoms with Crippen LogP contribution in [0.1, 0.15) is 11.6 Å². The summed E-state index contributed by atoms with van der Waals surface area (Å²) in [4.78, 5) is 16.6. The predicted molar refractivity (Wildman–Crippen MR) is 78.8 cm³/mol. The number of thiophene rings is 1. The maximum Gasteiger partial charge on any atom is 0.145 e. The number of imidazole rings is 1. The van der Waals surface area contributed by atoms with Gasteiger partial charge >= 0.3 is 0 Å². The zero-order valence-electron chi connectivity index (χ0n) is 10.7. The van der Waals surface area contributed by atoms with Gasteiger partial charge in [0.05, 0.1) is 13.1 Å². The molecular formula is C13H12ClN5S. The van der Waals surface area contributed by atoms with Crippen LogP contribution in [0.15, 0.2) is 23.8 Å². The smallest absolute Gasteiger partial charge is 0.145 e. The summed E-state index contributed by atoms with van der Waals surface area (Å²) >= 11 is 7.80. The van der Waals surface area contributed by atoms with Crippen LogP contribution in [0.25, 0.3) is 10.2 Å². The lowest BCUT2D eigenvalue weighted by Crippen LogP contribution is -2.33. The summed E-state index contributed by atoms with van der Waals surface area (Å²) in [6.07, 6.45) is 3.88. The van der Waals surface area contributed by atoms with E-state index in [9.17, 15) is 0 Å². The minimum atomic E-state index is 0.546. The molecule has 1 aliphatic rings. The fourth-order valence-electron chi connectivity index (χ4n) is 2.49. The topological polar surface area (TPSA) is 46.8 Å². The molecule has 0 aliphatic carbocycles. The molecule has 0 aromatic carbocycles. The van der Waals surface area contributed by atoms with E-state index in [-0.39, 0.29) is 0 Å². The SMILES string of the molecule is Clc1nc(CN2CCn3ccnc3C2)nc2sccc12. The number of hydrogen-bond donors (Lipinski definition) is 0. The van der Waals surface area contributed by atoms with E-state index >= 15 is 0 Å². The molecule has 3 aromatic heterocycles. The van der Waals surface area contributed by atoms with Gasteiger partial charge in [0.25, 0.3) is 0 Å². The fourth-order valence-corrected chi connectivity index (χ4v) is 3.58. The van der Waals surface area contributed by atoms with Crippen molar-refractivity contribution in [3.05, 3.63) is 40.6 Å². The second-order valence-electron chi connectivity index (χ2n) is 4.82. The minimum absolute atomic E-state index is 0.546. The summed E-state index contributed by atoms with van der Waals surface area (Å²) in [5.41, 5.74) is 0. The molecular weight excluding hydrogens is 294 g/mol. The van der Waals surface area contributed by atoms with Crippen LogP contribution in [-0.4, -0.2) is 31.0 Å². The summed E-state index contributed by atoms with van der Waals surface area (Å²) in [5.74, 6) is 1.88. The van der Waals surface area contributed by atoms with Crippen molar-refractivity contribution in [2.75, 3.05) is 6.54 Å². The number of fused-ring (bicyclic) bond motifs is 2. The number of nitrogens with zero attached hydrogens (tertiary/aromatic N) is 5. The second-order valence-corrected chi connectivity index (χ2v) is 6.07. The van der Waals surface area contributed by atoms with Crippen molar-refractivity contribution >= 4 is 33.2 Å². The van der Waals surface area contributed by atoms with Gasteiger partial charge in [-0.3, -0.25) is 4.90 Å². The molecule has 0 unspecified atom stereocenters. The molecule has 0 atom stereocenters. The van der Waals surface area contributed by atoms with Crippen molar-refractivity contribution in [2.45, 2.75) is 19.6 Å². The Labute approximate surface area is 124 Å². The molecule has 102 valence electrons. The molecule has 3 aromatic rings. The van der Waals surface area contributed by atoms with Gasteiger partial charge < -0.3 is 4.57 Å². The minimum Gasteiger partial charge on any atom is -0.333 e. The lowest BCUT2D eigenvalue weighted by molar-refractivity contribution is 0.204. The number of halogens is 1. The normalized spacial score (nSPS) is 15.7. The lowest BCUT2D eigenvalue weighted by Gasteiger charge is -2.26. The summed E-state index contributed by atoms with van der Waals surface area (Å²) in [6.45, 7) is 3.48. The summed E-state index contributed by atoms with van der Waals surface area (Å²) < 4.78 is 2.19. The molecule has 0 saturated heterocycles. The van der Waals surface area contributed by atoms with E-state index < -0.39 is 0 Å². The molecule has 0 fully saturated rings. The van der Waals surface area contributed by atoms with Crippen molar-refractivity contribution in [1.29, 1.82) is 0 Å². The average molecular weight is 306 g/mol. The quantitative estimate of drug-likeness (QED) is 0.683. The van der Waals surface area contributed by atoms with Crippen molar-refractivity contribution in [3.63, 3.8) is 0 Å². The highest BCUT2D eigenvalue weighted by atomic mass is 35.5. The van der Waals surface area contributed by atoms with Gasteiger partial charge in [-0.25, -0.2) is 15.0 Å². The van der Waals surface area contributed by atoms with E-state index in [1.807, 2.05) is 23.8 Å². The van der Waals surface area contributed by atoms with Crippen molar-refractivity contribution in [1.82, 2.24) is 24.4 Å². The molecule has 7 heteroatoms. The average Bonchev–Trinajstić information content (AvgIpc) is 3.06. The third-order valence-electron chi connectivity index (χ3n) is 3.51. The lowest BCUT2D eigenvalue weighted by atomic mass is 10.3. The van der Waals surface area contributed by atoms with Crippen LogP contribution in [0.5, 0.6) is 0 Å². The highest BCUT2D eigenvalue weighted by Crippen LogP contribution is 2.25. The molecule has 4 heterocycles. The Morgan fingerprint density at radius 1 is 1.30 bits per heavy atom. The first kappa shape index (κ1) is 12.3. The van der Waals surface area contributed by atoms with Crippen molar-refractivity contribution in [2.24, 2.45) is 0 Å². The van der Waals surface area contributed by atoms with Crippen LogP contribution in [0.2, 0.25) is 5.15 Å². The molecule has 4 rings (SSSR count). The number of aromatic nitrogens is 4. The van der Waals surface area contributed by atoms with E-state index in [4.69, 9.17) is 11.6 Å². The van der Waals surface area contributed by atoms with E-state index in [1.165, 1.54) is 0 Å². The third-order valence-corrected chi connectivity index (χ3v) is 4.61. The molecule has 0 N–H and O–H groups in total. The molecule has 20 heavy (non-hydrogen) atoms. The van der Waals surface area contributed by atoms with Crippen LogP contribution in [0, 0.1) is 0 Å². The summed E-state index contributed by atoms with van der Waals surface area (Å²) in [5, 5.41) is 3.48. The highest BCUT2D eigenvalue weighted by molar-refractivity contribution is 7.16. The fraction of sp³-hybridized carbons (Fsp3) is 0.308. The van der Waals surface area contributed by atoms with Crippen LogP contribution in [0.3, 0.4) is 0 Å². The Hall–Kier alpha value is -1.50. The number of hydrogen-bond acceptors (Lipinski definition) is 5. The standard InChI is InChI=1S/C13H12ClN5S/c14-12-9-1-6-20-13(9)17-10(16-12)7-18-4-5-19-3-2-15-11(19)8-18/h1-3,6H,4-5,7-8H2. The second kappa shape index (κ2) is 4.80. The van der Waals surface area contributed by atoms with Gasteiger partial charge in [0, 0.05) is 30.9 Å². The Bertz CT molecular complexity index is 765. The van der Waals surface area contributed by atoms with Gasteiger partial charge in [-0.05, 0) is 11.4 Å². The van der Waals surface area contributed by atoms with E-state index in [2.05, 4.69) is 24.4 Å². The van der Waals surface area contributed by atoms with Crippen LogP contribution in [-0.2, 0) is 19.6 Å². The molecule has 0 saturated carbocycles. The summed E-state index contributed by atoms with van der Waals surface area (Å²) in [6, 6.07) is 1.96. The van der Waals surface area contributed by atoms with Gasteiger partial charge in [-0.1, -0.05) is 11.6 Å². The van der Waals surface area contributed by atoms with Gasteiger partial charge in [0.15, 0.2) is 0 Å². The zero-order chi connectivity index (χ0) is 13.5. The van der Waals surface area contributed by atoms with Gasteiger partial charge in [-0.2, -0.15) is 0 Å². The maximum atomic E-state index is 6.21. The van der Waals surface area contributed by atoms with Gasteiger partial charge in [0.2, 0.25) is 0 Å². The number of rotatable bonds is 2. The monoisotopic (exact) mass is 305 g/mol. The Morgan fingerprint density at radius 2 is 2.25 bits per heavy atom. The van der Waals surface area contributed by atoms with Crippen LogP contribution in [0.4, 0.5) is 0 Å². The van der Waals surface area contributed by atoms with Gasteiger partial charge in [-0.15, -0.1) is 11.3 Å². The van der Waals surface area contributed by atoms with E-state index in [1.54, 1.807) is 11.3 Å². The third kappa shape index (κ3) is 2.09. The Morgan fingerprint density at radius 3 is 3.20 bits per heavy atom. The molecule has 5 nitrogen and oxygen atoms in total. The highest BCUT2D eigenvalue weighted by Gasteiger charge is 2.18. The Balaban J connectivity index is 1.59.